The van der Waals surface area contributed by atoms with E-state index >= 15 is 0 Å². The van der Waals surface area contributed by atoms with Gasteiger partial charge in [-0.15, -0.1) is 17.0 Å². The Kier molecular flexibility index (Phi) is 3.39. The average molecular weight is 296 g/mol. The van der Waals surface area contributed by atoms with Crippen LogP contribution in [0.2, 0.25) is 0 Å². The summed E-state index contributed by atoms with van der Waals surface area (Å²) in [7, 11) is 2.29. The van der Waals surface area contributed by atoms with Gasteiger partial charge in [0.2, 0.25) is 0 Å². The van der Waals surface area contributed by atoms with E-state index in [0.717, 1.165) is 12.0 Å². The second-order valence-corrected chi connectivity index (χ2v) is 5.87. The van der Waals surface area contributed by atoms with Crippen LogP contribution in [0.3, 0.4) is 0 Å². The number of likely N-dealkylation sites (tertiary alicyclic amines) is 1. The molecule has 2 aliphatic rings. The quantitative estimate of drug-likeness (QED) is 0.709. The van der Waals surface area contributed by atoms with E-state index in [2.05, 4.69) is 50.1 Å². The first-order chi connectivity index (χ1) is 7.63. The van der Waals surface area contributed by atoms with Gasteiger partial charge in [-0.25, -0.2) is 0 Å². The maximum atomic E-state index is 2.56. The van der Waals surface area contributed by atoms with Crippen molar-refractivity contribution < 1.29 is 0 Å². The Bertz CT molecular complexity index is 417. The predicted octanol–water partition coefficient (Wildman–Crippen LogP) is 3.42. The van der Waals surface area contributed by atoms with Crippen molar-refractivity contribution in [1.29, 1.82) is 0 Å². The minimum Gasteiger partial charge on any atom is -0.303 e. The molecule has 0 radical (unpaired) electrons. The zero-order valence-corrected chi connectivity index (χ0v) is 12.7. The molecule has 0 amide bonds. The van der Waals surface area contributed by atoms with Crippen LogP contribution in [-0.4, -0.2) is 24.5 Å². The summed E-state index contributed by atoms with van der Waals surface area (Å²) < 4.78 is 0. The first kappa shape index (κ1) is 13.1. The summed E-state index contributed by atoms with van der Waals surface area (Å²) in [5.74, 6) is 0.779. The average Bonchev–Trinajstić information content (AvgIpc) is 2.29. The maximum absolute atomic E-state index is 2.56. The van der Waals surface area contributed by atoms with Crippen LogP contribution in [0.25, 0.3) is 0 Å². The standard InChI is InChI=1S/C15H21N.BrH/c1-11-14-10-12-6-4-5-7-13(12)15(11,2)8-9-16(14)3;/h4-7,11,14H,8-10H2,1-3H3;1H/t11-,14+,15-;/m1./s1. The van der Waals surface area contributed by atoms with Crippen LogP contribution in [0.4, 0.5) is 0 Å². The maximum Gasteiger partial charge on any atom is 0.0167 e. The molecule has 3 atom stereocenters. The molecule has 2 bridgehead atoms. The monoisotopic (exact) mass is 295 g/mol. The molecule has 3 rings (SSSR count). The third-order valence-electron chi connectivity index (χ3n) is 5.19. The molecule has 1 fully saturated rings. The van der Waals surface area contributed by atoms with Gasteiger partial charge in [0.05, 0.1) is 0 Å². The molecule has 94 valence electrons. The van der Waals surface area contributed by atoms with Crippen LogP contribution in [0.5, 0.6) is 0 Å². The molecule has 1 aliphatic carbocycles. The van der Waals surface area contributed by atoms with Crippen LogP contribution >= 0.6 is 17.0 Å². The normalized spacial score (nSPS) is 35.9. The van der Waals surface area contributed by atoms with E-state index in [1.54, 1.807) is 11.1 Å². The third-order valence-corrected chi connectivity index (χ3v) is 5.19. The van der Waals surface area contributed by atoms with Crippen LogP contribution in [0.1, 0.15) is 31.4 Å². The Morgan fingerprint density at radius 3 is 2.76 bits per heavy atom. The number of hydrogen-bond donors (Lipinski definition) is 0. The molecule has 1 saturated heterocycles. The molecule has 1 heterocycles. The van der Waals surface area contributed by atoms with Crippen LogP contribution in [0.15, 0.2) is 24.3 Å². The molecule has 0 unspecified atom stereocenters. The highest BCUT2D eigenvalue weighted by Gasteiger charge is 2.46. The van der Waals surface area contributed by atoms with E-state index < -0.39 is 0 Å². The lowest BCUT2D eigenvalue weighted by Gasteiger charge is -2.53. The summed E-state index contributed by atoms with van der Waals surface area (Å²) in [6.07, 6.45) is 2.54. The number of likely N-dealkylation sites (N-methyl/N-ethyl adjacent to an activating group) is 1. The van der Waals surface area contributed by atoms with E-state index in [4.69, 9.17) is 0 Å². The highest BCUT2D eigenvalue weighted by molar-refractivity contribution is 8.93. The number of nitrogens with zero attached hydrogens (tertiary/aromatic N) is 1. The molecule has 1 aliphatic heterocycles. The Balaban J connectivity index is 0.00000108. The van der Waals surface area contributed by atoms with E-state index in [1.165, 1.54) is 19.4 Å². The van der Waals surface area contributed by atoms with Crippen molar-refractivity contribution >= 4 is 17.0 Å². The lowest BCUT2D eigenvalue weighted by Crippen LogP contribution is -2.56. The minimum absolute atomic E-state index is 0. The SMILES string of the molecule is Br.C[C@@H]1[C@@H]2Cc3ccccc3[C@]1(C)CCN2C. The number of piperidine rings is 1. The molecule has 0 spiro atoms. The molecule has 1 aromatic carbocycles. The number of rotatable bonds is 0. The fourth-order valence-corrected chi connectivity index (χ4v) is 3.80. The van der Waals surface area contributed by atoms with Gasteiger partial charge in [0.25, 0.3) is 0 Å². The number of fused-ring (bicyclic) bond motifs is 4. The Morgan fingerprint density at radius 1 is 1.29 bits per heavy atom. The fourth-order valence-electron chi connectivity index (χ4n) is 3.80. The molecule has 2 heteroatoms. The molecule has 0 saturated carbocycles. The Labute approximate surface area is 115 Å². The van der Waals surface area contributed by atoms with Gasteiger partial charge in [0.15, 0.2) is 0 Å². The van der Waals surface area contributed by atoms with Gasteiger partial charge in [-0.2, -0.15) is 0 Å². The zero-order valence-electron chi connectivity index (χ0n) is 10.9. The highest BCUT2D eigenvalue weighted by Crippen LogP contribution is 2.47. The van der Waals surface area contributed by atoms with Gasteiger partial charge in [0.1, 0.15) is 0 Å². The molecule has 17 heavy (non-hydrogen) atoms. The second-order valence-electron chi connectivity index (χ2n) is 5.87. The Morgan fingerprint density at radius 2 is 2.00 bits per heavy atom. The zero-order chi connectivity index (χ0) is 11.3. The highest BCUT2D eigenvalue weighted by atomic mass is 79.9. The summed E-state index contributed by atoms with van der Waals surface area (Å²) in [6.45, 7) is 6.16. The summed E-state index contributed by atoms with van der Waals surface area (Å²) in [5.41, 5.74) is 3.61. The van der Waals surface area contributed by atoms with Crippen molar-refractivity contribution in [3.05, 3.63) is 35.4 Å². The Hall–Kier alpha value is -0.340. The lowest BCUT2D eigenvalue weighted by molar-refractivity contribution is 0.0508. The number of halogens is 1. The molecule has 1 nitrogen and oxygen atoms in total. The first-order valence-corrected chi connectivity index (χ1v) is 6.41. The topological polar surface area (TPSA) is 3.24 Å². The number of benzene rings is 1. The van der Waals surface area contributed by atoms with Crippen molar-refractivity contribution in [3.8, 4) is 0 Å². The van der Waals surface area contributed by atoms with Gasteiger partial charge in [-0.05, 0) is 48.9 Å². The summed E-state index contributed by atoms with van der Waals surface area (Å²) in [5, 5.41) is 0. The van der Waals surface area contributed by atoms with Crippen molar-refractivity contribution in [2.75, 3.05) is 13.6 Å². The van der Waals surface area contributed by atoms with Gasteiger partial charge in [-0.3, -0.25) is 0 Å². The van der Waals surface area contributed by atoms with Crippen molar-refractivity contribution in [2.24, 2.45) is 5.92 Å². The molecule has 0 aromatic heterocycles. The van der Waals surface area contributed by atoms with Crippen LogP contribution < -0.4 is 0 Å². The summed E-state index contributed by atoms with van der Waals surface area (Å²) in [4.78, 5) is 2.56. The summed E-state index contributed by atoms with van der Waals surface area (Å²) >= 11 is 0. The third kappa shape index (κ3) is 1.77. The molecular formula is C15H22BrN. The molecule has 1 aromatic rings. The number of hydrogen-bond acceptors (Lipinski definition) is 1. The fraction of sp³-hybridized carbons (Fsp3) is 0.600. The smallest absolute Gasteiger partial charge is 0.0167 e. The molecule has 0 N–H and O–H groups in total. The predicted molar refractivity (Wildman–Crippen MR) is 78.0 cm³/mol. The van der Waals surface area contributed by atoms with Crippen molar-refractivity contribution in [1.82, 2.24) is 4.90 Å². The van der Waals surface area contributed by atoms with Crippen LogP contribution in [0, 0.1) is 5.92 Å². The van der Waals surface area contributed by atoms with Crippen LogP contribution in [-0.2, 0) is 11.8 Å². The van der Waals surface area contributed by atoms with Crippen molar-refractivity contribution in [3.63, 3.8) is 0 Å². The summed E-state index contributed by atoms with van der Waals surface area (Å²) in [6, 6.07) is 9.82. The minimum atomic E-state index is 0. The molecular weight excluding hydrogens is 274 g/mol. The lowest BCUT2D eigenvalue weighted by atomic mass is 9.59. The van der Waals surface area contributed by atoms with E-state index in [9.17, 15) is 0 Å². The second kappa shape index (κ2) is 4.40. The van der Waals surface area contributed by atoms with Gasteiger partial charge >= 0.3 is 0 Å². The van der Waals surface area contributed by atoms with E-state index in [1.807, 2.05) is 0 Å². The van der Waals surface area contributed by atoms with Gasteiger partial charge in [0, 0.05) is 6.04 Å². The first-order valence-electron chi connectivity index (χ1n) is 6.41. The van der Waals surface area contributed by atoms with E-state index in [-0.39, 0.29) is 17.0 Å². The van der Waals surface area contributed by atoms with Crippen molar-refractivity contribution in [2.45, 2.75) is 38.1 Å². The van der Waals surface area contributed by atoms with E-state index in [0.29, 0.717) is 5.41 Å². The van der Waals surface area contributed by atoms with Gasteiger partial charge < -0.3 is 4.90 Å². The largest absolute Gasteiger partial charge is 0.303 e. The van der Waals surface area contributed by atoms with Gasteiger partial charge in [-0.1, -0.05) is 38.1 Å².